The van der Waals surface area contributed by atoms with Crippen molar-refractivity contribution in [1.82, 2.24) is 0 Å². The molecule has 2 aliphatic rings. The van der Waals surface area contributed by atoms with Crippen molar-refractivity contribution >= 4 is 0 Å². The lowest BCUT2D eigenvalue weighted by atomic mass is 9.81. The summed E-state index contributed by atoms with van der Waals surface area (Å²) < 4.78 is 23.0. The fraction of sp³-hybridized carbons (Fsp3) is 0.700. The standard InChI is InChI=1S/C20H30O6/c1-12-11-25-20(22,9-17(12)21)14(3)18-13(2)10-24-19(26-18)15-5-7-16(23-4)8-6-15/h5-8,12-14,17-19,21-22H,9-11H2,1-4H3/t12-,13-,14+,17+,18-,19-,20-/m0/s1. The van der Waals surface area contributed by atoms with Crippen LogP contribution >= 0.6 is 0 Å². The second-order valence-electron chi connectivity index (χ2n) is 7.71. The fourth-order valence-corrected chi connectivity index (χ4v) is 3.72. The maximum absolute atomic E-state index is 11.0. The number of rotatable bonds is 4. The van der Waals surface area contributed by atoms with Crippen LogP contribution in [0.5, 0.6) is 5.75 Å². The monoisotopic (exact) mass is 366 g/mol. The van der Waals surface area contributed by atoms with Gasteiger partial charge < -0.3 is 29.2 Å². The zero-order valence-electron chi connectivity index (χ0n) is 15.9. The van der Waals surface area contributed by atoms with E-state index >= 15 is 0 Å². The largest absolute Gasteiger partial charge is 0.497 e. The molecule has 26 heavy (non-hydrogen) atoms. The van der Waals surface area contributed by atoms with E-state index in [1.165, 1.54) is 0 Å². The first-order valence-corrected chi connectivity index (χ1v) is 9.29. The van der Waals surface area contributed by atoms with E-state index < -0.39 is 18.2 Å². The second kappa shape index (κ2) is 7.82. The van der Waals surface area contributed by atoms with Crippen LogP contribution in [0, 0.1) is 17.8 Å². The van der Waals surface area contributed by atoms with E-state index in [1.54, 1.807) is 7.11 Å². The zero-order chi connectivity index (χ0) is 18.9. The maximum atomic E-state index is 11.0. The molecule has 0 saturated carbocycles. The Morgan fingerprint density at radius 2 is 1.85 bits per heavy atom. The minimum Gasteiger partial charge on any atom is -0.497 e. The van der Waals surface area contributed by atoms with Crippen molar-refractivity contribution in [2.75, 3.05) is 20.3 Å². The third kappa shape index (κ3) is 3.89. The number of aliphatic hydroxyl groups is 2. The van der Waals surface area contributed by atoms with E-state index in [4.69, 9.17) is 18.9 Å². The molecule has 6 nitrogen and oxygen atoms in total. The Kier molecular flexibility index (Phi) is 5.89. The van der Waals surface area contributed by atoms with Crippen LogP contribution in [0.3, 0.4) is 0 Å². The van der Waals surface area contributed by atoms with Crippen molar-refractivity contribution in [3.63, 3.8) is 0 Å². The highest BCUT2D eigenvalue weighted by Gasteiger charge is 2.48. The number of ether oxygens (including phenoxy) is 4. The van der Waals surface area contributed by atoms with Crippen LogP contribution in [0.1, 0.15) is 39.0 Å². The molecule has 6 heteroatoms. The molecule has 0 spiro atoms. The molecule has 146 valence electrons. The van der Waals surface area contributed by atoms with Crippen molar-refractivity contribution in [2.24, 2.45) is 17.8 Å². The van der Waals surface area contributed by atoms with Gasteiger partial charge in [-0.3, -0.25) is 0 Å². The first-order valence-electron chi connectivity index (χ1n) is 9.29. The Morgan fingerprint density at radius 1 is 1.15 bits per heavy atom. The van der Waals surface area contributed by atoms with Crippen LogP contribution in [-0.2, 0) is 14.2 Å². The summed E-state index contributed by atoms with van der Waals surface area (Å²) in [4.78, 5) is 0. The molecule has 0 amide bonds. The van der Waals surface area contributed by atoms with Crippen molar-refractivity contribution in [1.29, 1.82) is 0 Å². The first kappa shape index (κ1) is 19.6. The van der Waals surface area contributed by atoms with Gasteiger partial charge >= 0.3 is 0 Å². The summed E-state index contributed by atoms with van der Waals surface area (Å²) in [7, 11) is 1.63. The van der Waals surface area contributed by atoms with E-state index in [9.17, 15) is 10.2 Å². The molecule has 0 aliphatic carbocycles. The number of hydrogen-bond donors (Lipinski definition) is 2. The summed E-state index contributed by atoms with van der Waals surface area (Å²) in [5.74, 6) is -0.807. The lowest BCUT2D eigenvalue weighted by molar-refractivity contribution is -0.325. The quantitative estimate of drug-likeness (QED) is 0.853. The van der Waals surface area contributed by atoms with E-state index in [-0.39, 0.29) is 30.3 Å². The summed E-state index contributed by atoms with van der Waals surface area (Å²) >= 11 is 0. The van der Waals surface area contributed by atoms with Crippen LogP contribution in [0.15, 0.2) is 24.3 Å². The third-order valence-corrected chi connectivity index (χ3v) is 5.70. The van der Waals surface area contributed by atoms with Gasteiger partial charge in [0.05, 0.1) is 32.5 Å². The summed E-state index contributed by atoms with van der Waals surface area (Å²) in [5.41, 5.74) is 0.903. The topological polar surface area (TPSA) is 77.4 Å². The molecule has 2 saturated heterocycles. The Bertz CT molecular complexity index is 590. The van der Waals surface area contributed by atoms with Crippen molar-refractivity contribution in [2.45, 2.75) is 51.5 Å². The van der Waals surface area contributed by atoms with E-state index in [1.807, 2.05) is 45.0 Å². The van der Waals surface area contributed by atoms with Crippen LogP contribution in [0.4, 0.5) is 0 Å². The average molecular weight is 366 g/mol. The molecular formula is C20H30O6. The van der Waals surface area contributed by atoms with Gasteiger partial charge in [-0.1, -0.05) is 32.9 Å². The predicted molar refractivity (Wildman–Crippen MR) is 95.6 cm³/mol. The lowest BCUT2D eigenvalue weighted by Gasteiger charge is -2.47. The smallest absolute Gasteiger partial charge is 0.184 e. The molecule has 2 fully saturated rings. The molecule has 2 heterocycles. The average Bonchev–Trinajstić information content (AvgIpc) is 2.65. The molecule has 1 aromatic carbocycles. The Labute approximate surface area is 155 Å². The van der Waals surface area contributed by atoms with Gasteiger partial charge in [-0.2, -0.15) is 0 Å². The molecular weight excluding hydrogens is 336 g/mol. The molecule has 1 aromatic rings. The van der Waals surface area contributed by atoms with Gasteiger partial charge in [-0.05, 0) is 12.1 Å². The highest BCUT2D eigenvalue weighted by molar-refractivity contribution is 5.28. The minimum atomic E-state index is -1.40. The highest BCUT2D eigenvalue weighted by atomic mass is 16.7. The number of benzene rings is 1. The Hall–Kier alpha value is -1.18. The molecule has 7 atom stereocenters. The van der Waals surface area contributed by atoms with E-state index in [0.717, 1.165) is 11.3 Å². The molecule has 3 rings (SSSR count). The van der Waals surface area contributed by atoms with E-state index in [2.05, 4.69) is 0 Å². The van der Waals surface area contributed by atoms with Gasteiger partial charge in [-0.25, -0.2) is 0 Å². The fourth-order valence-electron chi connectivity index (χ4n) is 3.72. The van der Waals surface area contributed by atoms with Gasteiger partial charge in [-0.15, -0.1) is 0 Å². The molecule has 2 N–H and O–H groups in total. The molecule has 0 radical (unpaired) electrons. The summed E-state index contributed by atoms with van der Waals surface area (Å²) in [6, 6.07) is 7.57. The maximum Gasteiger partial charge on any atom is 0.184 e. The normalized spacial score (nSPS) is 39.4. The zero-order valence-corrected chi connectivity index (χ0v) is 15.9. The van der Waals surface area contributed by atoms with Gasteiger partial charge in [0.25, 0.3) is 0 Å². The van der Waals surface area contributed by atoms with Gasteiger partial charge in [0.1, 0.15) is 5.75 Å². The van der Waals surface area contributed by atoms with Gasteiger partial charge in [0.2, 0.25) is 0 Å². The SMILES string of the molecule is COc1ccc([C@H]2OC[C@H](C)[C@@H]([C@@H](C)[C@]3(O)C[C@@H](O)[C@@H](C)CO3)O2)cc1. The molecule has 0 bridgehead atoms. The third-order valence-electron chi connectivity index (χ3n) is 5.70. The second-order valence-corrected chi connectivity index (χ2v) is 7.71. The Balaban J connectivity index is 1.73. The van der Waals surface area contributed by atoms with Crippen LogP contribution in [-0.4, -0.2) is 48.5 Å². The van der Waals surface area contributed by atoms with Gasteiger partial charge in [0, 0.05) is 29.7 Å². The minimum absolute atomic E-state index is 0.0163. The van der Waals surface area contributed by atoms with Crippen molar-refractivity contribution in [3.05, 3.63) is 29.8 Å². The number of aliphatic hydroxyl groups excluding tert-OH is 1. The number of methoxy groups -OCH3 is 1. The molecule has 0 aromatic heterocycles. The van der Waals surface area contributed by atoms with Crippen LogP contribution in [0.25, 0.3) is 0 Å². The van der Waals surface area contributed by atoms with Crippen molar-refractivity contribution < 1.29 is 29.2 Å². The summed E-state index contributed by atoms with van der Waals surface area (Å²) in [6.45, 7) is 6.74. The van der Waals surface area contributed by atoms with Gasteiger partial charge in [0.15, 0.2) is 12.1 Å². The Morgan fingerprint density at radius 3 is 2.46 bits per heavy atom. The van der Waals surface area contributed by atoms with Crippen LogP contribution in [0.2, 0.25) is 0 Å². The van der Waals surface area contributed by atoms with Crippen molar-refractivity contribution in [3.8, 4) is 5.75 Å². The summed E-state index contributed by atoms with van der Waals surface area (Å²) in [6.07, 6.45) is -1.14. The molecule has 2 aliphatic heterocycles. The highest BCUT2D eigenvalue weighted by Crippen LogP contribution is 2.40. The van der Waals surface area contributed by atoms with E-state index in [0.29, 0.717) is 13.2 Å². The molecule has 0 unspecified atom stereocenters. The number of hydrogen-bond acceptors (Lipinski definition) is 6. The van der Waals surface area contributed by atoms with Crippen LogP contribution < -0.4 is 4.74 Å². The summed E-state index contributed by atoms with van der Waals surface area (Å²) in [5, 5.41) is 21.2. The first-order chi connectivity index (χ1) is 12.3. The lowest BCUT2D eigenvalue weighted by Crippen LogP contribution is -2.55. The predicted octanol–water partition coefficient (Wildman–Crippen LogP) is 2.49.